The van der Waals surface area contributed by atoms with Gasteiger partial charge in [0.2, 0.25) is 0 Å². The Morgan fingerprint density at radius 1 is 1.06 bits per heavy atom. The zero-order valence-electron chi connectivity index (χ0n) is 10.4. The zero-order chi connectivity index (χ0) is 12.4. The average molecular weight is 261 g/mol. The van der Waals surface area contributed by atoms with Crippen molar-refractivity contribution in [1.82, 2.24) is 4.98 Å². The van der Waals surface area contributed by atoms with E-state index in [1.165, 1.54) is 30.0 Å². The van der Waals surface area contributed by atoms with Gasteiger partial charge in [0.1, 0.15) is 5.82 Å². The molecule has 0 radical (unpaired) electrons. The lowest BCUT2D eigenvalue weighted by atomic mass is 10.1. The van der Waals surface area contributed by atoms with E-state index in [0.29, 0.717) is 5.88 Å². The second-order valence-electron chi connectivity index (χ2n) is 4.83. The summed E-state index contributed by atoms with van der Waals surface area (Å²) in [6.45, 7) is 2.24. The van der Waals surface area contributed by atoms with Gasteiger partial charge in [0.05, 0.1) is 0 Å². The van der Waals surface area contributed by atoms with Crippen molar-refractivity contribution < 1.29 is 0 Å². The lowest BCUT2D eigenvalue weighted by Crippen LogP contribution is -2.30. The molecule has 0 spiro atoms. The van der Waals surface area contributed by atoms with Gasteiger partial charge < -0.3 is 4.90 Å². The van der Waals surface area contributed by atoms with Crippen molar-refractivity contribution in [3.63, 3.8) is 0 Å². The normalized spacial score (nSPS) is 16.2. The summed E-state index contributed by atoms with van der Waals surface area (Å²) in [7, 11) is 0. The van der Waals surface area contributed by atoms with Crippen LogP contribution in [0.5, 0.6) is 0 Å². The largest absolute Gasteiger partial charge is 0.356 e. The molecule has 1 aromatic heterocycles. The Morgan fingerprint density at radius 2 is 1.78 bits per heavy atom. The SMILES string of the molecule is ClCc1cnc(N2CCCCC2)c2ccccc12. The van der Waals surface area contributed by atoms with Crippen LogP contribution >= 0.6 is 11.6 Å². The highest BCUT2D eigenvalue weighted by molar-refractivity contribution is 6.18. The minimum atomic E-state index is 0.522. The van der Waals surface area contributed by atoms with Crippen LogP contribution in [0.2, 0.25) is 0 Å². The molecule has 0 bridgehead atoms. The molecule has 2 heterocycles. The van der Waals surface area contributed by atoms with Crippen LogP contribution < -0.4 is 4.90 Å². The standard InChI is InChI=1S/C15H17ClN2/c16-10-12-11-17-15(18-8-4-1-5-9-18)14-7-3-2-6-13(12)14/h2-3,6-7,11H,1,4-5,8-10H2. The molecule has 0 atom stereocenters. The Labute approximate surface area is 113 Å². The third kappa shape index (κ3) is 2.05. The predicted octanol–water partition coefficient (Wildman–Crippen LogP) is 3.96. The van der Waals surface area contributed by atoms with E-state index in [2.05, 4.69) is 34.1 Å². The van der Waals surface area contributed by atoms with Crippen LogP contribution in [-0.4, -0.2) is 18.1 Å². The van der Waals surface area contributed by atoms with E-state index in [-0.39, 0.29) is 0 Å². The van der Waals surface area contributed by atoms with Crippen LogP contribution in [0.1, 0.15) is 24.8 Å². The highest BCUT2D eigenvalue weighted by Gasteiger charge is 2.15. The number of nitrogens with zero attached hydrogens (tertiary/aromatic N) is 2. The van der Waals surface area contributed by atoms with Crippen molar-refractivity contribution in [1.29, 1.82) is 0 Å². The zero-order valence-corrected chi connectivity index (χ0v) is 11.2. The molecule has 2 nitrogen and oxygen atoms in total. The van der Waals surface area contributed by atoms with Crippen molar-refractivity contribution in [3.05, 3.63) is 36.0 Å². The van der Waals surface area contributed by atoms with Gasteiger partial charge in [-0.05, 0) is 30.2 Å². The maximum Gasteiger partial charge on any atom is 0.136 e. The van der Waals surface area contributed by atoms with Gasteiger partial charge in [-0.15, -0.1) is 11.6 Å². The maximum absolute atomic E-state index is 5.99. The summed E-state index contributed by atoms with van der Waals surface area (Å²) in [6, 6.07) is 8.44. The van der Waals surface area contributed by atoms with E-state index >= 15 is 0 Å². The lowest BCUT2D eigenvalue weighted by molar-refractivity contribution is 0.575. The second-order valence-corrected chi connectivity index (χ2v) is 5.10. The number of hydrogen-bond donors (Lipinski definition) is 0. The fourth-order valence-corrected chi connectivity index (χ4v) is 2.91. The number of alkyl halides is 1. The van der Waals surface area contributed by atoms with E-state index in [9.17, 15) is 0 Å². The summed E-state index contributed by atoms with van der Waals surface area (Å²) in [6.07, 6.45) is 5.81. The molecule has 1 aliphatic rings. The monoisotopic (exact) mass is 260 g/mol. The molecule has 1 aliphatic heterocycles. The summed E-state index contributed by atoms with van der Waals surface area (Å²) in [5, 5.41) is 2.47. The van der Waals surface area contributed by atoms with Gasteiger partial charge >= 0.3 is 0 Å². The van der Waals surface area contributed by atoms with Crippen LogP contribution in [-0.2, 0) is 5.88 Å². The summed E-state index contributed by atoms with van der Waals surface area (Å²) in [5.41, 5.74) is 1.12. The van der Waals surface area contributed by atoms with Crippen molar-refractivity contribution in [3.8, 4) is 0 Å². The number of benzene rings is 1. The first-order valence-corrected chi connectivity index (χ1v) is 7.11. The number of hydrogen-bond acceptors (Lipinski definition) is 2. The van der Waals surface area contributed by atoms with Crippen LogP contribution in [0.4, 0.5) is 5.82 Å². The van der Waals surface area contributed by atoms with Crippen LogP contribution in [0.15, 0.2) is 30.5 Å². The molecule has 18 heavy (non-hydrogen) atoms. The van der Waals surface area contributed by atoms with Crippen molar-refractivity contribution in [2.45, 2.75) is 25.1 Å². The van der Waals surface area contributed by atoms with Crippen LogP contribution in [0.3, 0.4) is 0 Å². The van der Waals surface area contributed by atoms with Crippen molar-refractivity contribution >= 4 is 28.2 Å². The molecule has 0 saturated carbocycles. The molecule has 0 unspecified atom stereocenters. The number of anilines is 1. The number of fused-ring (bicyclic) bond motifs is 1. The number of pyridine rings is 1. The Hall–Kier alpha value is -1.28. The van der Waals surface area contributed by atoms with Gasteiger partial charge in [0.15, 0.2) is 0 Å². The summed E-state index contributed by atoms with van der Waals surface area (Å²) in [4.78, 5) is 7.05. The maximum atomic E-state index is 5.99. The quantitative estimate of drug-likeness (QED) is 0.760. The van der Waals surface area contributed by atoms with Crippen molar-refractivity contribution in [2.24, 2.45) is 0 Å². The second kappa shape index (κ2) is 5.15. The molecule has 94 valence electrons. The van der Waals surface area contributed by atoms with Crippen LogP contribution in [0.25, 0.3) is 10.8 Å². The minimum Gasteiger partial charge on any atom is -0.356 e. The minimum absolute atomic E-state index is 0.522. The van der Waals surface area contributed by atoms with Gasteiger partial charge in [-0.2, -0.15) is 0 Å². The highest BCUT2D eigenvalue weighted by atomic mass is 35.5. The Morgan fingerprint density at radius 3 is 2.50 bits per heavy atom. The molecular weight excluding hydrogens is 244 g/mol. The lowest BCUT2D eigenvalue weighted by Gasteiger charge is -2.29. The van der Waals surface area contributed by atoms with E-state index in [0.717, 1.165) is 24.5 Å². The molecule has 0 N–H and O–H groups in total. The Kier molecular flexibility index (Phi) is 3.37. The predicted molar refractivity (Wildman–Crippen MR) is 77.4 cm³/mol. The van der Waals surface area contributed by atoms with Gasteiger partial charge in [-0.25, -0.2) is 4.98 Å². The highest BCUT2D eigenvalue weighted by Crippen LogP contribution is 2.29. The number of halogens is 1. The topological polar surface area (TPSA) is 16.1 Å². The van der Waals surface area contributed by atoms with Gasteiger partial charge in [-0.3, -0.25) is 0 Å². The van der Waals surface area contributed by atoms with Gasteiger partial charge in [0.25, 0.3) is 0 Å². The molecule has 3 rings (SSSR count). The van der Waals surface area contributed by atoms with Gasteiger partial charge in [0, 0.05) is 30.6 Å². The Bertz CT molecular complexity index is 547. The fourth-order valence-electron chi connectivity index (χ4n) is 2.70. The molecule has 1 fully saturated rings. The first-order chi connectivity index (χ1) is 8.90. The van der Waals surface area contributed by atoms with E-state index in [1.807, 2.05) is 6.20 Å². The first-order valence-electron chi connectivity index (χ1n) is 6.57. The van der Waals surface area contributed by atoms with Crippen molar-refractivity contribution in [2.75, 3.05) is 18.0 Å². The number of piperidine rings is 1. The molecule has 2 aromatic rings. The third-order valence-corrected chi connectivity index (χ3v) is 3.94. The molecule has 1 aromatic carbocycles. The molecular formula is C15H17ClN2. The summed E-state index contributed by atoms with van der Waals surface area (Å²) < 4.78 is 0. The number of rotatable bonds is 2. The first kappa shape index (κ1) is 11.8. The molecule has 1 saturated heterocycles. The van der Waals surface area contributed by atoms with E-state index in [4.69, 9.17) is 11.6 Å². The smallest absolute Gasteiger partial charge is 0.136 e. The Balaban J connectivity index is 2.12. The van der Waals surface area contributed by atoms with Crippen LogP contribution in [0, 0.1) is 0 Å². The molecule has 0 amide bonds. The molecule has 3 heteroatoms. The summed E-state index contributed by atoms with van der Waals surface area (Å²) >= 11 is 5.99. The third-order valence-electron chi connectivity index (χ3n) is 3.66. The number of aromatic nitrogens is 1. The summed E-state index contributed by atoms with van der Waals surface area (Å²) in [5.74, 6) is 1.65. The fraction of sp³-hybridized carbons (Fsp3) is 0.400. The molecule has 0 aliphatic carbocycles. The van der Waals surface area contributed by atoms with E-state index in [1.54, 1.807) is 0 Å². The van der Waals surface area contributed by atoms with Gasteiger partial charge in [-0.1, -0.05) is 24.3 Å². The van der Waals surface area contributed by atoms with E-state index < -0.39 is 0 Å². The average Bonchev–Trinajstić information content (AvgIpc) is 2.47.